The van der Waals surface area contributed by atoms with Crippen LogP contribution in [0.15, 0.2) is 12.1 Å². The summed E-state index contributed by atoms with van der Waals surface area (Å²) in [6.07, 6.45) is -0.800. The Bertz CT molecular complexity index is 996. The van der Waals surface area contributed by atoms with E-state index in [4.69, 9.17) is 5.73 Å². The second-order valence-electron chi connectivity index (χ2n) is 6.89. The van der Waals surface area contributed by atoms with Gasteiger partial charge in [0, 0.05) is 32.3 Å². The number of anilines is 1. The Labute approximate surface area is 153 Å². The van der Waals surface area contributed by atoms with Gasteiger partial charge in [0.15, 0.2) is 17.5 Å². The standard InChI is InChI=1S/C17H20F3N7/c1-9-23-24-16(25(9)2)8-27-15-6-12(20)11(19)5-14(15)22-17(27)26-4-3-10(18)13(21)7-26/h5-6,10,13H,3-4,7-8,21H2,1-2H3/t10-,13-/m1/s1. The first-order valence-corrected chi connectivity index (χ1v) is 8.70. The van der Waals surface area contributed by atoms with Crippen molar-refractivity contribution in [2.75, 3.05) is 18.0 Å². The molecule has 1 saturated heterocycles. The number of aryl methyl sites for hydroxylation is 1. The molecule has 1 aliphatic rings. The molecule has 10 heteroatoms. The second kappa shape index (κ2) is 6.52. The Morgan fingerprint density at radius 1 is 1.22 bits per heavy atom. The van der Waals surface area contributed by atoms with Gasteiger partial charge < -0.3 is 19.8 Å². The molecule has 3 heterocycles. The third-order valence-corrected chi connectivity index (χ3v) is 5.11. The molecule has 2 aromatic heterocycles. The van der Waals surface area contributed by atoms with Crippen molar-refractivity contribution in [1.82, 2.24) is 24.3 Å². The molecule has 1 fully saturated rings. The summed E-state index contributed by atoms with van der Waals surface area (Å²) in [6.45, 7) is 2.77. The maximum Gasteiger partial charge on any atom is 0.207 e. The molecule has 0 spiro atoms. The fraction of sp³-hybridized carbons (Fsp3) is 0.471. The van der Waals surface area contributed by atoms with Gasteiger partial charge in [0.1, 0.15) is 12.0 Å². The average Bonchev–Trinajstić information content (AvgIpc) is 3.13. The van der Waals surface area contributed by atoms with Gasteiger partial charge in [-0.1, -0.05) is 0 Å². The topological polar surface area (TPSA) is 77.8 Å². The quantitative estimate of drug-likeness (QED) is 0.749. The van der Waals surface area contributed by atoms with E-state index in [2.05, 4.69) is 15.2 Å². The van der Waals surface area contributed by atoms with Crippen molar-refractivity contribution in [3.05, 3.63) is 35.4 Å². The SMILES string of the molecule is Cc1nnc(Cn2c(N3CC[C@@H](F)[C@H](N)C3)nc3cc(F)c(F)cc32)n1C. The summed E-state index contributed by atoms with van der Waals surface area (Å²) in [4.78, 5) is 6.32. The summed E-state index contributed by atoms with van der Waals surface area (Å²) in [7, 11) is 1.83. The molecule has 0 radical (unpaired) electrons. The zero-order valence-electron chi connectivity index (χ0n) is 15.0. The van der Waals surface area contributed by atoms with Crippen LogP contribution in [0.2, 0.25) is 0 Å². The molecule has 0 saturated carbocycles. The van der Waals surface area contributed by atoms with Crippen molar-refractivity contribution in [2.45, 2.75) is 32.1 Å². The molecule has 1 aromatic carbocycles. The number of hydrogen-bond donors (Lipinski definition) is 1. The van der Waals surface area contributed by atoms with Crippen LogP contribution < -0.4 is 10.6 Å². The van der Waals surface area contributed by atoms with Gasteiger partial charge in [0.2, 0.25) is 5.95 Å². The highest BCUT2D eigenvalue weighted by Gasteiger charge is 2.29. The molecule has 7 nitrogen and oxygen atoms in total. The van der Waals surface area contributed by atoms with Crippen molar-refractivity contribution in [1.29, 1.82) is 0 Å². The lowest BCUT2D eigenvalue weighted by Gasteiger charge is -2.34. The highest BCUT2D eigenvalue weighted by Crippen LogP contribution is 2.28. The lowest BCUT2D eigenvalue weighted by Crippen LogP contribution is -2.50. The first kappa shape index (κ1) is 17.8. The van der Waals surface area contributed by atoms with Crippen molar-refractivity contribution < 1.29 is 13.2 Å². The van der Waals surface area contributed by atoms with E-state index in [9.17, 15) is 13.2 Å². The van der Waals surface area contributed by atoms with Crippen LogP contribution in [0.1, 0.15) is 18.1 Å². The number of hydrogen-bond acceptors (Lipinski definition) is 5. The Balaban J connectivity index is 1.83. The first-order chi connectivity index (χ1) is 12.8. The number of rotatable bonds is 3. The first-order valence-electron chi connectivity index (χ1n) is 8.70. The summed E-state index contributed by atoms with van der Waals surface area (Å²) in [5.74, 6) is -0.0650. The van der Waals surface area contributed by atoms with Gasteiger partial charge in [-0.2, -0.15) is 0 Å². The largest absolute Gasteiger partial charge is 0.340 e. The van der Waals surface area contributed by atoms with E-state index in [1.807, 2.05) is 23.4 Å². The van der Waals surface area contributed by atoms with E-state index in [-0.39, 0.29) is 19.5 Å². The van der Waals surface area contributed by atoms with Crippen LogP contribution in [-0.4, -0.2) is 49.6 Å². The molecule has 144 valence electrons. The summed E-state index contributed by atoms with van der Waals surface area (Å²) >= 11 is 0. The third-order valence-electron chi connectivity index (χ3n) is 5.11. The third kappa shape index (κ3) is 3.03. The predicted octanol–water partition coefficient (Wildman–Crippen LogP) is 1.68. The van der Waals surface area contributed by atoms with Crippen LogP contribution in [0.25, 0.3) is 11.0 Å². The summed E-state index contributed by atoms with van der Waals surface area (Å²) < 4.78 is 44.9. The lowest BCUT2D eigenvalue weighted by molar-refractivity contribution is 0.243. The van der Waals surface area contributed by atoms with Crippen LogP contribution in [0.5, 0.6) is 0 Å². The van der Waals surface area contributed by atoms with E-state index in [1.54, 1.807) is 4.57 Å². The molecule has 0 unspecified atom stereocenters. The van der Waals surface area contributed by atoms with Gasteiger partial charge >= 0.3 is 0 Å². The number of benzene rings is 1. The van der Waals surface area contributed by atoms with E-state index in [0.29, 0.717) is 29.4 Å². The normalized spacial score (nSPS) is 20.6. The van der Waals surface area contributed by atoms with E-state index < -0.39 is 23.8 Å². The van der Waals surface area contributed by atoms with Crippen LogP contribution in [-0.2, 0) is 13.6 Å². The molecule has 2 atom stereocenters. The molecule has 0 bridgehead atoms. The maximum atomic E-state index is 13.9. The smallest absolute Gasteiger partial charge is 0.207 e. The van der Waals surface area contributed by atoms with Gasteiger partial charge in [0.05, 0.1) is 23.6 Å². The molecule has 2 N–H and O–H groups in total. The minimum absolute atomic E-state index is 0.263. The van der Waals surface area contributed by atoms with Crippen molar-refractivity contribution in [3.63, 3.8) is 0 Å². The fourth-order valence-corrected chi connectivity index (χ4v) is 3.37. The minimum atomic E-state index is -1.07. The summed E-state index contributed by atoms with van der Waals surface area (Å²) in [6, 6.07) is 1.54. The molecule has 4 rings (SSSR count). The highest BCUT2D eigenvalue weighted by atomic mass is 19.2. The summed E-state index contributed by atoms with van der Waals surface area (Å²) in [5, 5.41) is 8.18. The van der Waals surface area contributed by atoms with Gasteiger partial charge in [0.25, 0.3) is 0 Å². The number of fused-ring (bicyclic) bond motifs is 1. The molecular formula is C17H20F3N7. The maximum absolute atomic E-state index is 13.9. The van der Waals surface area contributed by atoms with Gasteiger partial charge in [-0.05, 0) is 13.3 Å². The van der Waals surface area contributed by atoms with Crippen LogP contribution in [0.3, 0.4) is 0 Å². The highest BCUT2D eigenvalue weighted by molar-refractivity contribution is 5.79. The number of nitrogens with two attached hydrogens (primary N) is 1. The van der Waals surface area contributed by atoms with Crippen LogP contribution in [0, 0.1) is 18.6 Å². The second-order valence-corrected chi connectivity index (χ2v) is 6.89. The Hall–Kier alpha value is -2.62. The minimum Gasteiger partial charge on any atom is -0.340 e. The van der Waals surface area contributed by atoms with Crippen molar-refractivity contribution >= 4 is 17.0 Å². The number of piperidine rings is 1. The zero-order chi connectivity index (χ0) is 19.3. The van der Waals surface area contributed by atoms with Crippen LogP contribution >= 0.6 is 0 Å². The van der Waals surface area contributed by atoms with Crippen LogP contribution in [0.4, 0.5) is 19.1 Å². The number of imidazole rings is 1. The van der Waals surface area contributed by atoms with E-state index in [1.165, 1.54) is 0 Å². The molecule has 3 aromatic rings. The molecule has 1 aliphatic heterocycles. The Morgan fingerprint density at radius 2 is 1.96 bits per heavy atom. The Morgan fingerprint density at radius 3 is 2.63 bits per heavy atom. The molecule has 27 heavy (non-hydrogen) atoms. The number of nitrogens with zero attached hydrogens (tertiary/aromatic N) is 6. The van der Waals surface area contributed by atoms with E-state index >= 15 is 0 Å². The van der Waals surface area contributed by atoms with E-state index in [0.717, 1.165) is 18.0 Å². The number of aromatic nitrogens is 5. The van der Waals surface area contributed by atoms with Gasteiger partial charge in [-0.15, -0.1) is 10.2 Å². The number of halogens is 3. The monoisotopic (exact) mass is 379 g/mol. The van der Waals surface area contributed by atoms with Crippen molar-refractivity contribution in [3.8, 4) is 0 Å². The average molecular weight is 379 g/mol. The number of alkyl halides is 1. The molecule has 0 aliphatic carbocycles. The van der Waals surface area contributed by atoms with Gasteiger partial charge in [-0.25, -0.2) is 18.2 Å². The molecular weight excluding hydrogens is 359 g/mol. The Kier molecular flexibility index (Phi) is 4.29. The predicted molar refractivity (Wildman–Crippen MR) is 94.2 cm³/mol. The van der Waals surface area contributed by atoms with Gasteiger partial charge in [-0.3, -0.25) is 0 Å². The fourth-order valence-electron chi connectivity index (χ4n) is 3.37. The summed E-state index contributed by atoms with van der Waals surface area (Å²) in [5.41, 5.74) is 6.63. The van der Waals surface area contributed by atoms with Crippen molar-refractivity contribution in [2.24, 2.45) is 12.8 Å². The lowest BCUT2D eigenvalue weighted by atomic mass is 10.1. The molecule has 0 amide bonds. The zero-order valence-corrected chi connectivity index (χ0v) is 15.0.